The fourth-order valence-electron chi connectivity index (χ4n) is 3.69. The van der Waals surface area contributed by atoms with E-state index in [9.17, 15) is 13.2 Å². The number of nitrogens with one attached hydrogen (secondary N) is 2. The van der Waals surface area contributed by atoms with Crippen molar-refractivity contribution in [1.82, 2.24) is 10.0 Å². The summed E-state index contributed by atoms with van der Waals surface area (Å²) in [7, 11) is -3.73. The summed E-state index contributed by atoms with van der Waals surface area (Å²) < 4.78 is 27.9. The van der Waals surface area contributed by atoms with E-state index in [2.05, 4.69) is 22.2 Å². The van der Waals surface area contributed by atoms with Gasteiger partial charge in [0.05, 0.1) is 4.34 Å². The highest BCUT2D eigenvalue weighted by atomic mass is 35.5. The molecule has 29 heavy (non-hydrogen) atoms. The Hall–Kier alpha value is -1.71. The third-order valence-electron chi connectivity index (χ3n) is 5.16. The lowest BCUT2D eigenvalue weighted by molar-refractivity contribution is -0.118. The van der Waals surface area contributed by atoms with Crippen molar-refractivity contribution in [1.29, 1.82) is 0 Å². The maximum Gasteiger partial charge on any atom is 0.245 e. The van der Waals surface area contributed by atoms with E-state index in [1.165, 1.54) is 28.5 Å². The molecule has 1 atom stereocenters. The van der Waals surface area contributed by atoms with Gasteiger partial charge in [0.15, 0.2) is 0 Å². The van der Waals surface area contributed by atoms with Crippen molar-refractivity contribution in [3.8, 4) is 0 Å². The zero-order chi connectivity index (χ0) is 20.4. The Morgan fingerprint density at radius 1 is 1.17 bits per heavy atom. The Kier molecular flexibility index (Phi) is 6.08. The van der Waals surface area contributed by atoms with Gasteiger partial charge in [-0.05, 0) is 73.8 Å². The average molecular weight is 452 g/mol. The van der Waals surface area contributed by atoms with Gasteiger partial charge in [-0.25, -0.2) is 8.42 Å². The first-order valence-electron chi connectivity index (χ1n) is 9.51. The number of sulfonamides is 1. The Bertz CT molecular complexity index is 1050. The molecular formula is C20H22ClN3O3S2. The number of nitrogens with zero attached hydrogens (tertiary/aromatic N) is 1. The van der Waals surface area contributed by atoms with Gasteiger partial charge in [-0.15, -0.1) is 11.3 Å². The lowest BCUT2D eigenvalue weighted by atomic mass is 10.0. The molecule has 0 spiro atoms. The van der Waals surface area contributed by atoms with Crippen LogP contribution in [0.15, 0.2) is 35.7 Å². The quantitative estimate of drug-likeness (QED) is 0.732. The van der Waals surface area contributed by atoms with Crippen LogP contribution in [0.2, 0.25) is 4.34 Å². The van der Waals surface area contributed by atoms with E-state index >= 15 is 0 Å². The Labute approximate surface area is 179 Å². The first-order chi connectivity index (χ1) is 13.9. The molecule has 1 unspecified atom stereocenters. The van der Waals surface area contributed by atoms with Crippen LogP contribution in [0.5, 0.6) is 0 Å². The van der Waals surface area contributed by atoms with Crippen molar-refractivity contribution in [2.75, 3.05) is 24.5 Å². The van der Waals surface area contributed by atoms with Gasteiger partial charge in [-0.1, -0.05) is 17.7 Å². The topological polar surface area (TPSA) is 78.5 Å². The molecular weight excluding hydrogens is 430 g/mol. The minimum absolute atomic E-state index is 0.215. The second-order valence-electron chi connectivity index (χ2n) is 7.14. The lowest BCUT2D eigenvalue weighted by Crippen LogP contribution is -2.40. The van der Waals surface area contributed by atoms with Crippen molar-refractivity contribution in [2.24, 2.45) is 0 Å². The van der Waals surface area contributed by atoms with Crippen LogP contribution in [-0.2, 0) is 27.7 Å². The van der Waals surface area contributed by atoms with Gasteiger partial charge < -0.3 is 10.2 Å². The van der Waals surface area contributed by atoms with E-state index in [-0.39, 0.29) is 5.91 Å². The number of fused-ring (bicyclic) bond motifs is 1. The molecule has 1 aromatic heterocycles. The van der Waals surface area contributed by atoms with Crippen LogP contribution in [-0.4, -0.2) is 40.0 Å². The van der Waals surface area contributed by atoms with Crippen molar-refractivity contribution in [3.05, 3.63) is 56.1 Å². The average Bonchev–Trinajstić information content (AvgIpc) is 3.17. The van der Waals surface area contributed by atoms with Crippen LogP contribution in [0.25, 0.3) is 6.08 Å². The zero-order valence-electron chi connectivity index (χ0n) is 15.7. The normalized spacial score (nSPS) is 20.2. The fourth-order valence-corrected chi connectivity index (χ4v) is 5.76. The highest BCUT2D eigenvalue weighted by Gasteiger charge is 2.35. The van der Waals surface area contributed by atoms with E-state index in [4.69, 9.17) is 11.6 Å². The number of rotatable bonds is 5. The molecule has 0 aliphatic carbocycles. The van der Waals surface area contributed by atoms with Gasteiger partial charge >= 0.3 is 0 Å². The molecule has 2 aromatic rings. The maximum absolute atomic E-state index is 12.8. The Morgan fingerprint density at radius 2 is 1.97 bits per heavy atom. The fraction of sp³-hybridized carbons (Fsp3) is 0.350. The summed E-state index contributed by atoms with van der Waals surface area (Å²) in [5, 5.41) is 4.46. The molecule has 0 bridgehead atoms. The summed E-state index contributed by atoms with van der Waals surface area (Å²) in [6, 6.07) is 8.81. The standard InChI is InChI=1S/C20H22ClN3O3S2/c21-19-4-3-17(28-19)8-12-29(26,27)23-18-7-11-24(20(18)25)16-2-1-14-5-9-22-10-6-15(14)13-16/h1-4,8,12-13,18,22-23H,5-7,9-11H2/b12-8+. The summed E-state index contributed by atoms with van der Waals surface area (Å²) in [6.45, 7) is 2.38. The molecule has 2 aliphatic heterocycles. The molecule has 9 heteroatoms. The summed E-state index contributed by atoms with van der Waals surface area (Å²) in [6.07, 6.45) is 3.83. The van der Waals surface area contributed by atoms with E-state index in [1.54, 1.807) is 17.0 Å². The van der Waals surface area contributed by atoms with Gasteiger partial charge in [0.1, 0.15) is 6.04 Å². The van der Waals surface area contributed by atoms with Gasteiger partial charge in [-0.3, -0.25) is 4.79 Å². The van der Waals surface area contributed by atoms with E-state index in [1.807, 2.05) is 6.07 Å². The third-order valence-corrected chi connectivity index (χ3v) is 7.47. The summed E-state index contributed by atoms with van der Waals surface area (Å²) in [5.41, 5.74) is 3.39. The molecule has 1 aromatic carbocycles. The smallest absolute Gasteiger partial charge is 0.245 e. The largest absolute Gasteiger partial charge is 0.316 e. The van der Waals surface area contributed by atoms with Crippen LogP contribution in [0.3, 0.4) is 0 Å². The molecule has 1 saturated heterocycles. The number of amides is 1. The van der Waals surface area contributed by atoms with Crippen LogP contribution in [0, 0.1) is 0 Å². The molecule has 3 heterocycles. The molecule has 2 aliphatic rings. The summed E-state index contributed by atoms with van der Waals surface area (Å²) in [4.78, 5) is 15.3. The van der Waals surface area contributed by atoms with Crippen molar-refractivity contribution < 1.29 is 13.2 Å². The Balaban J connectivity index is 1.45. The first kappa shape index (κ1) is 20.6. The van der Waals surface area contributed by atoms with Crippen molar-refractivity contribution in [3.63, 3.8) is 0 Å². The highest BCUT2D eigenvalue weighted by molar-refractivity contribution is 7.92. The number of hydrogen-bond acceptors (Lipinski definition) is 5. The summed E-state index contributed by atoms with van der Waals surface area (Å²) >= 11 is 7.15. The lowest BCUT2D eigenvalue weighted by Gasteiger charge is -2.19. The van der Waals surface area contributed by atoms with Crippen LogP contribution in [0.1, 0.15) is 22.4 Å². The molecule has 4 rings (SSSR count). The predicted octanol–water partition coefficient (Wildman–Crippen LogP) is 2.79. The number of hydrogen-bond donors (Lipinski definition) is 2. The number of carbonyl (C=O) groups excluding carboxylic acids is 1. The van der Waals surface area contributed by atoms with Gasteiger partial charge in [0.2, 0.25) is 15.9 Å². The van der Waals surface area contributed by atoms with Crippen LogP contribution < -0.4 is 14.9 Å². The van der Waals surface area contributed by atoms with E-state index in [0.29, 0.717) is 17.3 Å². The summed E-state index contributed by atoms with van der Waals surface area (Å²) in [5.74, 6) is -0.215. The van der Waals surface area contributed by atoms with Gasteiger partial charge in [0, 0.05) is 22.5 Å². The second kappa shape index (κ2) is 8.57. The SMILES string of the molecule is O=C1C(NS(=O)(=O)/C=C/c2ccc(Cl)s2)CCN1c1ccc2c(c1)CCNCC2. The van der Waals surface area contributed by atoms with Gasteiger partial charge in [-0.2, -0.15) is 4.72 Å². The van der Waals surface area contributed by atoms with E-state index in [0.717, 1.165) is 41.9 Å². The first-order valence-corrected chi connectivity index (χ1v) is 12.2. The number of carbonyl (C=O) groups is 1. The minimum Gasteiger partial charge on any atom is -0.316 e. The Morgan fingerprint density at radius 3 is 2.72 bits per heavy atom. The van der Waals surface area contributed by atoms with Gasteiger partial charge in [0.25, 0.3) is 0 Å². The van der Waals surface area contributed by atoms with Crippen molar-refractivity contribution in [2.45, 2.75) is 25.3 Å². The number of anilines is 1. The molecule has 2 N–H and O–H groups in total. The van der Waals surface area contributed by atoms with Crippen molar-refractivity contribution >= 4 is 50.6 Å². The van der Waals surface area contributed by atoms with Crippen LogP contribution in [0.4, 0.5) is 5.69 Å². The second-order valence-corrected chi connectivity index (χ2v) is 10.5. The molecule has 0 radical (unpaired) electrons. The highest BCUT2D eigenvalue weighted by Crippen LogP contribution is 2.26. The zero-order valence-corrected chi connectivity index (χ0v) is 18.1. The minimum atomic E-state index is -3.73. The number of thiophene rings is 1. The molecule has 0 saturated carbocycles. The third kappa shape index (κ3) is 4.90. The molecule has 1 fully saturated rings. The molecule has 154 valence electrons. The predicted molar refractivity (Wildman–Crippen MR) is 118 cm³/mol. The molecule has 1 amide bonds. The van der Waals surface area contributed by atoms with Crippen LogP contribution >= 0.6 is 22.9 Å². The molecule has 6 nitrogen and oxygen atoms in total. The number of benzene rings is 1. The maximum atomic E-state index is 12.8. The van der Waals surface area contributed by atoms with E-state index < -0.39 is 16.1 Å². The number of halogens is 1. The monoisotopic (exact) mass is 451 g/mol.